The van der Waals surface area contributed by atoms with Crippen LogP contribution in [0.1, 0.15) is 37.3 Å². The van der Waals surface area contributed by atoms with Gasteiger partial charge in [-0.2, -0.15) is 0 Å². The van der Waals surface area contributed by atoms with Gasteiger partial charge in [-0.1, -0.05) is 54.8 Å². The summed E-state index contributed by atoms with van der Waals surface area (Å²) >= 11 is 0. The Kier molecular flexibility index (Phi) is 4.81. The Morgan fingerprint density at radius 2 is 1.92 bits per heavy atom. The number of rotatable bonds is 4. The number of carboxylic acid groups (broad SMARTS) is 1. The molecular formula is C20H19NO3. The van der Waals surface area contributed by atoms with Gasteiger partial charge in [0.2, 0.25) is 0 Å². The lowest BCUT2D eigenvalue weighted by molar-refractivity contribution is -0.137. The Labute approximate surface area is 140 Å². The third-order valence-corrected chi connectivity index (χ3v) is 4.38. The Morgan fingerprint density at radius 1 is 1.17 bits per heavy atom. The first kappa shape index (κ1) is 16.1. The SMILES string of the molecule is O=C(O)C[C@@H](NC(=O)C#CC1CCC1)c1cccc2ccccc12. The van der Waals surface area contributed by atoms with E-state index in [2.05, 4.69) is 17.2 Å². The van der Waals surface area contributed by atoms with Gasteiger partial charge in [-0.25, -0.2) is 0 Å². The summed E-state index contributed by atoms with van der Waals surface area (Å²) in [7, 11) is 0. The maximum absolute atomic E-state index is 12.1. The minimum atomic E-state index is -0.958. The van der Waals surface area contributed by atoms with E-state index in [0.717, 1.165) is 29.2 Å². The minimum absolute atomic E-state index is 0.176. The lowest BCUT2D eigenvalue weighted by Gasteiger charge is -2.19. The molecule has 1 aliphatic carbocycles. The van der Waals surface area contributed by atoms with E-state index in [9.17, 15) is 14.7 Å². The fraction of sp³-hybridized carbons (Fsp3) is 0.300. The Bertz CT molecular complexity index is 822. The molecule has 4 heteroatoms. The number of carbonyl (C=O) groups excluding carboxylic acids is 1. The van der Waals surface area contributed by atoms with Crippen LogP contribution in [0.25, 0.3) is 10.8 Å². The fourth-order valence-electron chi connectivity index (χ4n) is 2.88. The van der Waals surface area contributed by atoms with E-state index >= 15 is 0 Å². The molecule has 0 saturated heterocycles. The van der Waals surface area contributed by atoms with Crippen molar-refractivity contribution in [3.63, 3.8) is 0 Å². The monoisotopic (exact) mass is 321 g/mol. The average Bonchev–Trinajstić information content (AvgIpc) is 2.52. The van der Waals surface area contributed by atoms with Crippen LogP contribution in [-0.4, -0.2) is 17.0 Å². The van der Waals surface area contributed by atoms with Gasteiger partial charge in [-0.05, 0) is 35.1 Å². The molecule has 0 spiro atoms. The first-order valence-corrected chi connectivity index (χ1v) is 8.15. The van der Waals surface area contributed by atoms with Crippen LogP contribution in [0.5, 0.6) is 0 Å². The minimum Gasteiger partial charge on any atom is -0.481 e. The van der Waals surface area contributed by atoms with Gasteiger partial charge in [-0.3, -0.25) is 9.59 Å². The first-order chi connectivity index (χ1) is 11.6. The Balaban J connectivity index is 1.86. The van der Waals surface area contributed by atoms with E-state index in [4.69, 9.17) is 0 Å². The highest BCUT2D eigenvalue weighted by Crippen LogP contribution is 2.27. The zero-order chi connectivity index (χ0) is 16.9. The van der Waals surface area contributed by atoms with E-state index in [1.165, 1.54) is 6.42 Å². The number of aliphatic carboxylic acids is 1. The third kappa shape index (κ3) is 3.75. The van der Waals surface area contributed by atoms with Crippen molar-refractivity contribution in [2.24, 2.45) is 5.92 Å². The van der Waals surface area contributed by atoms with Crippen molar-refractivity contribution >= 4 is 22.6 Å². The third-order valence-electron chi connectivity index (χ3n) is 4.38. The van der Waals surface area contributed by atoms with Crippen molar-refractivity contribution in [3.8, 4) is 11.8 Å². The van der Waals surface area contributed by atoms with Crippen LogP contribution in [0, 0.1) is 17.8 Å². The van der Waals surface area contributed by atoms with Gasteiger partial charge >= 0.3 is 5.97 Å². The number of carbonyl (C=O) groups is 2. The molecule has 1 atom stereocenters. The molecule has 2 aromatic rings. The van der Waals surface area contributed by atoms with Gasteiger partial charge < -0.3 is 10.4 Å². The average molecular weight is 321 g/mol. The maximum Gasteiger partial charge on any atom is 0.305 e. The Morgan fingerprint density at radius 3 is 2.62 bits per heavy atom. The summed E-state index contributed by atoms with van der Waals surface area (Å²) in [6.07, 6.45) is 3.08. The molecule has 2 aromatic carbocycles. The summed E-state index contributed by atoms with van der Waals surface area (Å²) in [5.41, 5.74) is 0.800. The summed E-state index contributed by atoms with van der Waals surface area (Å²) in [6.45, 7) is 0. The highest BCUT2D eigenvalue weighted by Gasteiger charge is 2.20. The molecule has 0 radical (unpaired) electrons. The molecule has 0 aromatic heterocycles. The standard InChI is InChI=1S/C20H19NO3/c22-19(12-11-14-5-3-6-14)21-18(13-20(23)24)17-10-4-8-15-7-1-2-9-16(15)17/h1-2,4,7-10,14,18H,3,5-6,13H2,(H,21,22)(H,23,24)/t18-/m1/s1. The smallest absolute Gasteiger partial charge is 0.305 e. The van der Waals surface area contributed by atoms with Crippen molar-refractivity contribution in [2.75, 3.05) is 0 Å². The number of carboxylic acids is 1. The second kappa shape index (κ2) is 7.18. The predicted octanol–water partition coefficient (Wildman–Crippen LogP) is 3.28. The molecule has 3 rings (SSSR count). The molecule has 0 unspecified atom stereocenters. The van der Waals surface area contributed by atoms with Crippen LogP contribution in [0.15, 0.2) is 42.5 Å². The summed E-state index contributed by atoms with van der Waals surface area (Å²) in [5, 5.41) is 13.9. The molecule has 4 nitrogen and oxygen atoms in total. The number of amides is 1. The van der Waals surface area contributed by atoms with E-state index in [1.54, 1.807) is 0 Å². The van der Waals surface area contributed by atoms with Crippen LogP contribution in [0.2, 0.25) is 0 Å². The fourth-order valence-corrected chi connectivity index (χ4v) is 2.88. The van der Waals surface area contributed by atoms with E-state index in [1.807, 2.05) is 42.5 Å². The molecule has 1 fully saturated rings. The molecule has 24 heavy (non-hydrogen) atoms. The van der Waals surface area contributed by atoms with Gasteiger partial charge in [0.05, 0.1) is 12.5 Å². The van der Waals surface area contributed by atoms with E-state index in [0.29, 0.717) is 5.92 Å². The highest BCUT2D eigenvalue weighted by atomic mass is 16.4. The van der Waals surface area contributed by atoms with Crippen molar-refractivity contribution < 1.29 is 14.7 Å². The van der Waals surface area contributed by atoms with E-state index < -0.39 is 17.9 Å². The van der Waals surface area contributed by atoms with Gasteiger partial charge in [0.1, 0.15) is 0 Å². The summed E-state index contributed by atoms with van der Waals surface area (Å²) in [5.74, 6) is 4.51. The first-order valence-electron chi connectivity index (χ1n) is 8.15. The molecule has 1 amide bonds. The molecule has 0 bridgehead atoms. The van der Waals surface area contributed by atoms with Crippen LogP contribution < -0.4 is 5.32 Å². The van der Waals surface area contributed by atoms with Crippen LogP contribution in [0.3, 0.4) is 0 Å². The summed E-state index contributed by atoms with van der Waals surface area (Å²) in [4.78, 5) is 23.3. The molecule has 0 aliphatic heterocycles. The predicted molar refractivity (Wildman–Crippen MR) is 92.2 cm³/mol. The van der Waals surface area contributed by atoms with Crippen molar-refractivity contribution in [1.82, 2.24) is 5.32 Å². The lowest BCUT2D eigenvalue weighted by atomic mass is 9.86. The summed E-state index contributed by atoms with van der Waals surface area (Å²) < 4.78 is 0. The van der Waals surface area contributed by atoms with Crippen molar-refractivity contribution in [1.29, 1.82) is 0 Å². The zero-order valence-electron chi connectivity index (χ0n) is 13.3. The zero-order valence-corrected chi connectivity index (χ0v) is 13.3. The maximum atomic E-state index is 12.1. The number of hydrogen-bond donors (Lipinski definition) is 2. The topological polar surface area (TPSA) is 66.4 Å². The number of hydrogen-bond acceptors (Lipinski definition) is 2. The van der Waals surface area contributed by atoms with Gasteiger partial charge in [0, 0.05) is 5.92 Å². The summed E-state index contributed by atoms with van der Waals surface area (Å²) in [6, 6.07) is 12.8. The highest BCUT2D eigenvalue weighted by molar-refractivity contribution is 5.95. The molecular weight excluding hydrogens is 302 g/mol. The molecule has 0 heterocycles. The van der Waals surface area contributed by atoms with Gasteiger partial charge in [-0.15, -0.1) is 0 Å². The second-order valence-electron chi connectivity index (χ2n) is 6.09. The van der Waals surface area contributed by atoms with Crippen LogP contribution in [-0.2, 0) is 9.59 Å². The van der Waals surface area contributed by atoms with Crippen LogP contribution >= 0.6 is 0 Å². The van der Waals surface area contributed by atoms with Crippen molar-refractivity contribution in [3.05, 3.63) is 48.0 Å². The number of benzene rings is 2. The number of fused-ring (bicyclic) bond motifs is 1. The van der Waals surface area contributed by atoms with Gasteiger partial charge in [0.15, 0.2) is 0 Å². The molecule has 1 saturated carbocycles. The Hall–Kier alpha value is -2.80. The second-order valence-corrected chi connectivity index (χ2v) is 6.09. The van der Waals surface area contributed by atoms with Crippen molar-refractivity contribution in [2.45, 2.75) is 31.7 Å². The van der Waals surface area contributed by atoms with Crippen LogP contribution in [0.4, 0.5) is 0 Å². The molecule has 122 valence electrons. The van der Waals surface area contributed by atoms with E-state index in [-0.39, 0.29) is 6.42 Å². The quantitative estimate of drug-likeness (QED) is 0.849. The normalized spacial score (nSPS) is 15.0. The number of nitrogens with one attached hydrogen (secondary N) is 1. The molecule has 1 aliphatic rings. The molecule has 2 N–H and O–H groups in total. The lowest BCUT2D eigenvalue weighted by Crippen LogP contribution is -2.29. The van der Waals surface area contributed by atoms with Gasteiger partial charge in [0.25, 0.3) is 5.91 Å². The largest absolute Gasteiger partial charge is 0.481 e.